The molecule has 1 saturated heterocycles. The summed E-state index contributed by atoms with van der Waals surface area (Å²) in [5.74, 6) is 0.480. The first kappa shape index (κ1) is 15.0. The van der Waals surface area contributed by atoms with Gasteiger partial charge in [0, 0.05) is 48.8 Å². The molecule has 0 aliphatic carbocycles. The first-order valence-corrected chi connectivity index (χ1v) is 8.48. The molecule has 1 aromatic carbocycles. The van der Waals surface area contributed by atoms with E-state index in [1.165, 1.54) is 11.3 Å². The molecule has 3 aromatic rings. The molecule has 1 amide bonds. The molecular weight excluding hydrogens is 300 g/mol. The number of aromatic amines is 1. The quantitative estimate of drug-likeness (QED) is 0.787. The zero-order valence-corrected chi connectivity index (χ0v) is 14.1. The largest absolute Gasteiger partial charge is 0.350 e. The Hall–Kier alpha value is -2.56. The number of hydrogen-bond donors (Lipinski definition) is 1. The first-order chi connectivity index (χ1) is 11.6. The maximum atomic E-state index is 13.1. The van der Waals surface area contributed by atoms with E-state index in [1.54, 1.807) is 0 Å². The van der Waals surface area contributed by atoms with Crippen molar-refractivity contribution < 1.29 is 4.79 Å². The highest BCUT2D eigenvalue weighted by atomic mass is 16.2. The number of H-pyrrole nitrogens is 1. The Morgan fingerprint density at radius 1 is 1.33 bits per heavy atom. The molecule has 4 rings (SSSR count). The third-order valence-electron chi connectivity index (χ3n) is 5.11. The number of nitrogens with zero attached hydrogens (tertiary/aromatic N) is 3. The zero-order chi connectivity index (χ0) is 16.7. The second kappa shape index (κ2) is 5.82. The van der Waals surface area contributed by atoms with Crippen molar-refractivity contribution in [3.63, 3.8) is 0 Å². The molecular formula is C19H22N4O. The van der Waals surface area contributed by atoms with Crippen LogP contribution >= 0.6 is 0 Å². The lowest BCUT2D eigenvalue weighted by Gasteiger charge is -2.32. The van der Waals surface area contributed by atoms with Gasteiger partial charge in [-0.05, 0) is 31.4 Å². The number of carbonyl (C=O) groups excluding carboxylic acids is 1. The molecule has 0 bridgehead atoms. The minimum Gasteiger partial charge on any atom is -0.350 e. The average molecular weight is 322 g/mol. The van der Waals surface area contributed by atoms with Crippen LogP contribution in [0.1, 0.15) is 40.4 Å². The highest BCUT2D eigenvalue weighted by Gasteiger charge is 2.28. The fourth-order valence-electron chi connectivity index (χ4n) is 3.85. The van der Waals surface area contributed by atoms with E-state index in [0.29, 0.717) is 5.92 Å². The van der Waals surface area contributed by atoms with Gasteiger partial charge in [0.15, 0.2) is 0 Å². The molecule has 1 aliphatic rings. The van der Waals surface area contributed by atoms with Crippen molar-refractivity contribution >= 4 is 16.8 Å². The topological polar surface area (TPSA) is 53.9 Å². The number of para-hydroxylation sites is 1. The van der Waals surface area contributed by atoms with E-state index in [9.17, 15) is 4.79 Å². The molecule has 1 fully saturated rings. The van der Waals surface area contributed by atoms with Gasteiger partial charge in [-0.1, -0.05) is 18.2 Å². The summed E-state index contributed by atoms with van der Waals surface area (Å²) in [5.41, 5.74) is 4.25. The van der Waals surface area contributed by atoms with Crippen LogP contribution in [-0.4, -0.2) is 38.7 Å². The van der Waals surface area contributed by atoms with E-state index in [4.69, 9.17) is 0 Å². The molecule has 2 aromatic heterocycles. The molecule has 24 heavy (non-hydrogen) atoms. The molecule has 0 radical (unpaired) electrons. The van der Waals surface area contributed by atoms with E-state index < -0.39 is 0 Å². The molecule has 3 heterocycles. The summed E-state index contributed by atoms with van der Waals surface area (Å²) in [6, 6.07) is 8.09. The van der Waals surface area contributed by atoms with E-state index in [1.807, 2.05) is 47.1 Å². The minimum atomic E-state index is 0.133. The summed E-state index contributed by atoms with van der Waals surface area (Å²) in [6.07, 6.45) is 5.95. The average Bonchev–Trinajstić information content (AvgIpc) is 3.18. The highest BCUT2D eigenvalue weighted by molar-refractivity contribution is 6.07. The number of benzene rings is 1. The molecule has 0 spiro atoms. The van der Waals surface area contributed by atoms with Crippen molar-refractivity contribution in [2.45, 2.75) is 25.7 Å². The van der Waals surface area contributed by atoms with Crippen LogP contribution in [0.5, 0.6) is 0 Å². The SMILES string of the molecule is Cc1cn[nH]c1C1CCCN(C(=O)c2cn(C)c3ccccc23)C1. The van der Waals surface area contributed by atoms with Gasteiger partial charge < -0.3 is 9.47 Å². The number of nitrogens with one attached hydrogen (secondary N) is 1. The van der Waals surface area contributed by atoms with Crippen LogP contribution in [0.25, 0.3) is 10.9 Å². The number of likely N-dealkylation sites (tertiary alicyclic amines) is 1. The lowest BCUT2D eigenvalue weighted by atomic mass is 9.92. The Morgan fingerprint density at radius 3 is 2.96 bits per heavy atom. The monoisotopic (exact) mass is 322 g/mol. The summed E-state index contributed by atoms with van der Waals surface area (Å²) < 4.78 is 2.03. The summed E-state index contributed by atoms with van der Waals surface area (Å²) in [4.78, 5) is 15.1. The molecule has 124 valence electrons. The van der Waals surface area contributed by atoms with Gasteiger partial charge in [-0.3, -0.25) is 9.89 Å². The first-order valence-electron chi connectivity index (χ1n) is 8.48. The summed E-state index contributed by atoms with van der Waals surface area (Å²) >= 11 is 0. The maximum Gasteiger partial charge on any atom is 0.256 e. The summed E-state index contributed by atoms with van der Waals surface area (Å²) in [5, 5.41) is 8.29. The number of amides is 1. The van der Waals surface area contributed by atoms with Crippen LogP contribution in [0.2, 0.25) is 0 Å². The van der Waals surface area contributed by atoms with Crippen LogP contribution in [0.15, 0.2) is 36.7 Å². The fourth-order valence-corrected chi connectivity index (χ4v) is 3.85. The second-order valence-corrected chi connectivity index (χ2v) is 6.73. The molecule has 1 atom stereocenters. The Bertz CT molecular complexity index is 892. The number of aryl methyl sites for hydroxylation is 2. The predicted octanol–water partition coefficient (Wildman–Crippen LogP) is 3.23. The fraction of sp³-hybridized carbons (Fsp3) is 0.368. The molecule has 1 N–H and O–H groups in total. The van der Waals surface area contributed by atoms with Crippen LogP contribution in [-0.2, 0) is 7.05 Å². The van der Waals surface area contributed by atoms with Crippen LogP contribution in [0, 0.1) is 6.92 Å². The van der Waals surface area contributed by atoms with Gasteiger partial charge in [0.1, 0.15) is 0 Å². The Balaban J connectivity index is 1.63. The van der Waals surface area contributed by atoms with E-state index in [-0.39, 0.29) is 5.91 Å². The van der Waals surface area contributed by atoms with E-state index in [2.05, 4.69) is 23.2 Å². The molecule has 5 nitrogen and oxygen atoms in total. The zero-order valence-electron chi connectivity index (χ0n) is 14.1. The second-order valence-electron chi connectivity index (χ2n) is 6.73. The Labute approximate surface area is 141 Å². The van der Waals surface area contributed by atoms with Gasteiger partial charge in [-0.15, -0.1) is 0 Å². The normalized spacial score (nSPS) is 18.2. The molecule has 1 unspecified atom stereocenters. The van der Waals surface area contributed by atoms with Crippen molar-refractivity contribution in [1.82, 2.24) is 19.7 Å². The van der Waals surface area contributed by atoms with Crippen LogP contribution in [0.3, 0.4) is 0 Å². The van der Waals surface area contributed by atoms with Crippen molar-refractivity contribution in [2.24, 2.45) is 7.05 Å². The molecule has 1 aliphatic heterocycles. The molecule has 0 saturated carbocycles. The third kappa shape index (κ3) is 2.40. The predicted molar refractivity (Wildman–Crippen MR) is 94.1 cm³/mol. The van der Waals surface area contributed by atoms with Crippen molar-refractivity contribution in [1.29, 1.82) is 0 Å². The number of rotatable bonds is 2. The lowest BCUT2D eigenvalue weighted by molar-refractivity contribution is 0.0707. The van der Waals surface area contributed by atoms with Crippen LogP contribution < -0.4 is 0 Å². The molecule has 5 heteroatoms. The number of carbonyl (C=O) groups is 1. The number of aromatic nitrogens is 3. The maximum absolute atomic E-state index is 13.1. The summed E-state index contributed by atoms with van der Waals surface area (Å²) in [6.45, 7) is 3.65. The summed E-state index contributed by atoms with van der Waals surface area (Å²) in [7, 11) is 1.99. The van der Waals surface area contributed by atoms with Crippen molar-refractivity contribution in [3.8, 4) is 0 Å². The van der Waals surface area contributed by atoms with Crippen molar-refractivity contribution in [2.75, 3.05) is 13.1 Å². The van der Waals surface area contributed by atoms with E-state index in [0.717, 1.165) is 42.4 Å². The van der Waals surface area contributed by atoms with Gasteiger partial charge in [0.25, 0.3) is 5.91 Å². The standard InChI is InChI=1S/C19H22N4O/c1-13-10-20-21-18(13)14-6-5-9-23(11-14)19(24)16-12-22(2)17-8-4-3-7-15(16)17/h3-4,7-8,10,12,14H,5-6,9,11H2,1-2H3,(H,20,21). The Morgan fingerprint density at radius 2 is 2.17 bits per heavy atom. The highest BCUT2D eigenvalue weighted by Crippen LogP contribution is 2.29. The number of fused-ring (bicyclic) bond motifs is 1. The number of piperidine rings is 1. The third-order valence-corrected chi connectivity index (χ3v) is 5.11. The number of hydrogen-bond acceptors (Lipinski definition) is 2. The van der Waals surface area contributed by atoms with E-state index >= 15 is 0 Å². The minimum absolute atomic E-state index is 0.133. The smallest absolute Gasteiger partial charge is 0.256 e. The lowest BCUT2D eigenvalue weighted by Crippen LogP contribution is -2.39. The Kier molecular flexibility index (Phi) is 3.63. The van der Waals surface area contributed by atoms with Gasteiger partial charge >= 0.3 is 0 Å². The van der Waals surface area contributed by atoms with Gasteiger partial charge in [0.2, 0.25) is 0 Å². The van der Waals surface area contributed by atoms with Gasteiger partial charge in [0.05, 0.1) is 11.8 Å². The van der Waals surface area contributed by atoms with Gasteiger partial charge in [-0.2, -0.15) is 5.10 Å². The van der Waals surface area contributed by atoms with Crippen LogP contribution in [0.4, 0.5) is 0 Å². The van der Waals surface area contributed by atoms with Gasteiger partial charge in [-0.25, -0.2) is 0 Å². The van der Waals surface area contributed by atoms with Crippen molar-refractivity contribution in [3.05, 3.63) is 53.5 Å².